The van der Waals surface area contributed by atoms with Crippen LogP contribution in [0.15, 0.2) is 41.5 Å². The molecule has 2 aromatic rings. The van der Waals surface area contributed by atoms with E-state index in [-0.39, 0.29) is 12.5 Å². The molecule has 26 heavy (non-hydrogen) atoms. The van der Waals surface area contributed by atoms with Crippen molar-refractivity contribution in [2.75, 3.05) is 20.8 Å². The van der Waals surface area contributed by atoms with Crippen LogP contribution in [0.5, 0.6) is 17.2 Å². The van der Waals surface area contributed by atoms with Gasteiger partial charge in [0.2, 0.25) is 0 Å². The minimum atomic E-state index is -0.328. The molecule has 0 radical (unpaired) electrons. The first-order valence-corrected chi connectivity index (χ1v) is 8.20. The van der Waals surface area contributed by atoms with Gasteiger partial charge in [-0.25, -0.2) is 5.43 Å². The second kappa shape index (κ2) is 8.89. The number of benzene rings is 2. The monoisotopic (exact) mass is 356 g/mol. The first-order valence-electron chi connectivity index (χ1n) is 8.20. The number of methoxy groups -OCH3 is 2. The molecule has 0 atom stereocenters. The molecule has 0 aliphatic rings. The van der Waals surface area contributed by atoms with E-state index in [1.807, 2.05) is 38.1 Å². The highest BCUT2D eigenvalue weighted by Gasteiger charge is 2.08. The fraction of sp³-hybridized carbons (Fsp3) is 0.300. The summed E-state index contributed by atoms with van der Waals surface area (Å²) in [7, 11) is 3.15. The van der Waals surface area contributed by atoms with Crippen molar-refractivity contribution >= 4 is 11.6 Å². The molecule has 1 N–H and O–H groups in total. The van der Waals surface area contributed by atoms with Crippen LogP contribution in [0.1, 0.15) is 23.6 Å². The van der Waals surface area contributed by atoms with Gasteiger partial charge in [0.1, 0.15) is 5.75 Å². The molecule has 0 saturated carbocycles. The second-order valence-electron chi connectivity index (χ2n) is 5.79. The van der Waals surface area contributed by atoms with E-state index < -0.39 is 0 Å². The lowest BCUT2D eigenvalue weighted by Crippen LogP contribution is -2.25. The number of nitrogens with zero attached hydrogens (tertiary/aromatic N) is 1. The summed E-state index contributed by atoms with van der Waals surface area (Å²) in [5.41, 5.74) is 6.10. The Morgan fingerprint density at radius 3 is 2.46 bits per heavy atom. The number of carbonyl (C=O) groups is 1. The minimum absolute atomic E-state index is 0.104. The smallest absolute Gasteiger partial charge is 0.277 e. The molecule has 0 aliphatic heterocycles. The van der Waals surface area contributed by atoms with E-state index in [1.54, 1.807) is 33.3 Å². The summed E-state index contributed by atoms with van der Waals surface area (Å²) in [5.74, 6) is 1.60. The Morgan fingerprint density at radius 1 is 1.04 bits per heavy atom. The summed E-state index contributed by atoms with van der Waals surface area (Å²) in [6, 6.07) is 11.2. The van der Waals surface area contributed by atoms with Crippen molar-refractivity contribution in [2.45, 2.75) is 20.8 Å². The van der Waals surface area contributed by atoms with Crippen molar-refractivity contribution < 1.29 is 19.0 Å². The molecule has 0 heterocycles. The molecule has 0 saturated heterocycles. The van der Waals surface area contributed by atoms with Crippen molar-refractivity contribution in [3.8, 4) is 17.2 Å². The maximum Gasteiger partial charge on any atom is 0.277 e. The molecule has 6 heteroatoms. The molecule has 0 bridgehead atoms. The van der Waals surface area contributed by atoms with Crippen LogP contribution in [0, 0.1) is 13.8 Å². The van der Waals surface area contributed by atoms with E-state index in [0.717, 1.165) is 16.7 Å². The standard InChI is InChI=1S/C20H24N2O4/c1-13-7-6-8-17(14(13)2)26-12-20(23)22-21-15(3)16-9-10-18(24-4)19(11-16)25-5/h6-11H,12H2,1-5H3,(H,22,23)/b21-15-. The molecule has 0 aliphatic carbocycles. The van der Waals surface area contributed by atoms with E-state index in [0.29, 0.717) is 23.0 Å². The van der Waals surface area contributed by atoms with Gasteiger partial charge in [0, 0.05) is 5.56 Å². The van der Waals surface area contributed by atoms with Crippen molar-refractivity contribution in [1.82, 2.24) is 5.43 Å². The largest absolute Gasteiger partial charge is 0.493 e. The lowest BCUT2D eigenvalue weighted by Gasteiger charge is -2.11. The van der Waals surface area contributed by atoms with Crippen LogP contribution in [0.4, 0.5) is 0 Å². The number of nitrogens with one attached hydrogen (secondary N) is 1. The van der Waals surface area contributed by atoms with Crippen LogP contribution in [-0.2, 0) is 4.79 Å². The van der Waals surface area contributed by atoms with Crippen LogP contribution >= 0.6 is 0 Å². The predicted octanol–water partition coefficient (Wildman–Crippen LogP) is 3.24. The van der Waals surface area contributed by atoms with Crippen molar-refractivity contribution in [3.63, 3.8) is 0 Å². The Hall–Kier alpha value is -3.02. The van der Waals surface area contributed by atoms with Gasteiger partial charge in [0.25, 0.3) is 5.91 Å². The number of ether oxygens (including phenoxy) is 3. The Bertz CT molecular complexity index is 815. The lowest BCUT2D eigenvalue weighted by atomic mass is 10.1. The van der Waals surface area contributed by atoms with Gasteiger partial charge in [-0.1, -0.05) is 12.1 Å². The van der Waals surface area contributed by atoms with E-state index >= 15 is 0 Å². The van der Waals surface area contributed by atoms with E-state index in [1.165, 1.54) is 0 Å². The van der Waals surface area contributed by atoms with Gasteiger partial charge >= 0.3 is 0 Å². The summed E-state index contributed by atoms with van der Waals surface area (Å²) in [6.07, 6.45) is 0. The topological polar surface area (TPSA) is 69.2 Å². The fourth-order valence-electron chi connectivity index (χ4n) is 2.33. The number of hydrazone groups is 1. The summed E-state index contributed by atoms with van der Waals surface area (Å²) >= 11 is 0. The molecule has 1 amide bonds. The molecule has 0 aromatic heterocycles. The van der Waals surface area contributed by atoms with E-state index in [2.05, 4.69) is 10.5 Å². The van der Waals surface area contributed by atoms with Gasteiger partial charge in [-0.3, -0.25) is 4.79 Å². The number of hydrogen-bond acceptors (Lipinski definition) is 5. The third-order valence-electron chi connectivity index (χ3n) is 4.06. The normalized spacial score (nSPS) is 11.0. The van der Waals surface area contributed by atoms with Crippen molar-refractivity contribution in [3.05, 3.63) is 53.1 Å². The van der Waals surface area contributed by atoms with Crippen LogP contribution in [0.25, 0.3) is 0 Å². The van der Waals surface area contributed by atoms with Crippen LogP contribution in [0.2, 0.25) is 0 Å². The molecular weight excluding hydrogens is 332 g/mol. The quantitative estimate of drug-likeness (QED) is 0.611. The average Bonchev–Trinajstić information content (AvgIpc) is 2.66. The fourth-order valence-corrected chi connectivity index (χ4v) is 2.33. The zero-order valence-corrected chi connectivity index (χ0v) is 15.8. The first-order chi connectivity index (χ1) is 12.5. The summed E-state index contributed by atoms with van der Waals surface area (Å²) in [6.45, 7) is 5.65. The predicted molar refractivity (Wildman–Crippen MR) is 101 cm³/mol. The number of aryl methyl sites for hydroxylation is 1. The van der Waals surface area contributed by atoms with E-state index in [4.69, 9.17) is 14.2 Å². The third kappa shape index (κ3) is 4.75. The van der Waals surface area contributed by atoms with Gasteiger partial charge in [0.05, 0.1) is 19.9 Å². The summed E-state index contributed by atoms with van der Waals surface area (Å²) in [4.78, 5) is 12.0. The van der Waals surface area contributed by atoms with Crippen LogP contribution < -0.4 is 19.6 Å². The average molecular weight is 356 g/mol. The van der Waals surface area contributed by atoms with Gasteiger partial charge in [-0.15, -0.1) is 0 Å². The van der Waals surface area contributed by atoms with Gasteiger partial charge < -0.3 is 14.2 Å². The maximum absolute atomic E-state index is 12.0. The van der Waals surface area contributed by atoms with Gasteiger partial charge in [-0.2, -0.15) is 5.10 Å². The molecule has 2 rings (SSSR count). The summed E-state index contributed by atoms with van der Waals surface area (Å²) < 4.78 is 16.1. The Kier molecular flexibility index (Phi) is 6.60. The van der Waals surface area contributed by atoms with Crippen LogP contribution in [0.3, 0.4) is 0 Å². The molecular formula is C20H24N2O4. The Morgan fingerprint density at radius 2 is 1.77 bits per heavy atom. The number of hydrogen-bond donors (Lipinski definition) is 1. The third-order valence-corrected chi connectivity index (χ3v) is 4.06. The Balaban J connectivity index is 1.97. The van der Waals surface area contributed by atoms with Gasteiger partial charge in [-0.05, 0) is 56.2 Å². The molecule has 0 fully saturated rings. The Labute approximate surface area is 153 Å². The molecule has 0 unspecified atom stereocenters. The number of rotatable bonds is 7. The first kappa shape index (κ1) is 19.3. The highest BCUT2D eigenvalue weighted by molar-refractivity contribution is 5.99. The van der Waals surface area contributed by atoms with E-state index in [9.17, 15) is 4.79 Å². The highest BCUT2D eigenvalue weighted by Crippen LogP contribution is 2.27. The van der Waals surface area contributed by atoms with Crippen LogP contribution in [-0.4, -0.2) is 32.4 Å². The number of carbonyl (C=O) groups excluding carboxylic acids is 1. The zero-order chi connectivity index (χ0) is 19.1. The van der Waals surface area contributed by atoms with Crippen molar-refractivity contribution in [2.24, 2.45) is 5.10 Å². The summed E-state index contributed by atoms with van der Waals surface area (Å²) in [5, 5.41) is 4.12. The maximum atomic E-state index is 12.0. The molecule has 138 valence electrons. The molecule has 6 nitrogen and oxygen atoms in total. The van der Waals surface area contributed by atoms with Crippen molar-refractivity contribution in [1.29, 1.82) is 0 Å². The SMILES string of the molecule is COc1ccc(/C(C)=N\NC(=O)COc2cccc(C)c2C)cc1OC. The zero-order valence-electron chi connectivity index (χ0n) is 15.8. The molecule has 0 spiro atoms. The molecule has 2 aromatic carbocycles. The second-order valence-corrected chi connectivity index (χ2v) is 5.79. The minimum Gasteiger partial charge on any atom is -0.493 e. The highest BCUT2D eigenvalue weighted by atomic mass is 16.5. The van der Waals surface area contributed by atoms with Gasteiger partial charge in [0.15, 0.2) is 18.1 Å². The lowest BCUT2D eigenvalue weighted by molar-refractivity contribution is -0.123. The number of amides is 1.